The van der Waals surface area contributed by atoms with Crippen LogP contribution in [0.5, 0.6) is 0 Å². The molecule has 0 aliphatic carbocycles. The molecule has 3 aromatic rings. The molecule has 1 saturated heterocycles. The number of carbonyl (C=O) groups is 1. The molecule has 1 fully saturated rings. The Kier molecular flexibility index (Phi) is 7.40. The number of carbonyl (C=O) groups excluding carboxylic acids is 1. The summed E-state index contributed by atoms with van der Waals surface area (Å²) >= 11 is 0. The van der Waals surface area contributed by atoms with Crippen molar-refractivity contribution in [2.45, 2.75) is 33.4 Å². The van der Waals surface area contributed by atoms with Crippen molar-refractivity contribution in [2.75, 3.05) is 37.6 Å². The zero-order valence-corrected chi connectivity index (χ0v) is 19.4. The van der Waals surface area contributed by atoms with E-state index in [4.69, 9.17) is 0 Å². The number of anilines is 1. The molecule has 33 heavy (non-hydrogen) atoms. The first-order valence-corrected chi connectivity index (χ1v) is 11.6. The lowest BCUT2D eigenvalue weighted by Crippen LogP contribution is -2.39. The van der Waals surface area contributed by atoms with Gasteiger partial charge >= 0.3 is 0 Å². The standard InChI is InChI=1S/C26H32FN5O/c1-20-25(21(2)32(29-20)18-22-7-4-3-5-8-22)17-28-26(33)19-30-13-6-14-31(16-15-30)24-11-9-23(27)10-12-24/h3-5,7-12H,6,13-19H2,1-2H3,(H,28,33). The molecular formula is C26H32FN5O. The Balaban J connectivity index is 1.28. The van der Waals surface area contributed by atoms with E-state index in [-0.39, 0.29) is 11.7 Å². The number of aryl methyl sites for hydroxylation is 1. The molecule has 6 nitrogen and oxygen atoms in total. The summed E-state index contributed by atoms with van der Waals surface area (Å²) in [5.41, 5.74) is 5.35. The maximum atomic E-state index is 13.2. The van der Waals surface area contributed by atoms with Gasteiger partial charge in [0.25, 0.3) is 0 Å². The van der Waals surface area contributed by atoms with E-state index < -0.39 is 0 Å². The fraction of sp³-hybridized carbons (Fsp3) is 0.385. The first-order valence-electron chi connectivity index (χ1n) is 11.6. The summed E-state index contributed by atoms with van der Waals surface area (Å²) in [6.45, 7) is 9.05. The maximum Gasteiger partial charge on any atom is 0.234 e. The monoisotopic (exact) mass is 449 g/mol. The Morgan fingerprint density at radius 2 is 1.76 bits per heavy atom. The fourth-order valence-corrected chi connectivity index (χ4v) is 4.39. The van der Waals surface area contributed by atoms with Gasteiger partial charge in [0.2, 0.25) is 5.91 Å². The first-order chi connectivity index (χ1) is 16.0. The molecule has 1 amide bonds. The number of aromatic nitrogens is 2. The summed E-state index contributed by atoms with van der Waals surface area (Å²) in [6.07, 6.45) is 0.967. The van der Waals surface area contributed by atoms with Gasteiger partial charge in [-0.15, -0.1) is 0 Å². The minimum Gasteiger partial charge on any atom is -0.370 e. The summed E-state index contributed by atoms with van der Waals surface area (Å²) < 4.78 is 15.2. The molecule has 2 heterocycles. The summed E-state index contributed by atoms with van der Waals surface area (Å²) in [4.78, 5) is 17.1. The lowest BCUT2D eigenvalue weighted by atomic mass is 10.2. The minimum atomic E-state index is -0.219. The van der Waals surface area contributed by atoms with Gasteiger partial charge in [-0.1, -0.05) is 30.3 Å². The highest BCUT2D eigenvalue weighted by molar-refractivity contribution is 5.78. The van der Waals surface area contributed by atoms with Gasteiger partial charge in [-0.05, 0) is 50.1 Å². The largest absolute Gasteiger partial charge is 0.370 e. The molecule has 0 radical (unpaired) electrons. The second kappa shape index (κ2) is 10.6. The average Bonchev–Trinajstić information content (AvgIpc) is 2.95. The van der Waals surface area contributed by atoms with E-state index >= 15 is 0 Å². The van der Waals surface area contributed by atoms with Crippen molar-refractivity contribution in [2.24, 2.45) is 0 Å². The van der Waals surface area contributed by atoms with Gasteiger partial charge in [-0.2, -0.15) is 5.10 Å². The van der Waals surface area contributed by atoms with E-state index in [2.05, 4.69) is 39.3 Å². The van der Waals surface area contributed by atoms with Crippen molar-refractivity contribution >= 4 is 11.6 Å². The number of benzene rings is 2. The van der Waals surface area contributed by atoms with Gasteiger partial charge in [0.05, 0.1) is 18.8 Å². The minimum absolute atomic E-state index is 0.0276. The summed E-state index contributed by atoms with van der Waals surface area (Å²) in [5.74, 6) is -0.192. The molecule has 4 rings (SSSR count). The number of nitrogens with one attached hydrogen (secondary N) is 1. The van der Waals surface area contributed by atoms with E-state index in [0.29, 0.717) is 13.1 Å². The van der Waals surface area contributed by atoms with Crippen LogP contribution in [-0.2, 0) is 17.9 Å². The van der Waals surface area contributed by atoms with Gasteiger partial charge < -0.3 is 10.2 Å². The fourth-order valence-electron chi connectivity index (χ4n) is 4.39. The quantitative estimate of drug-likeness (QED) is 0.600. The first kappa shape index (κ1) is 23.0. The summed E-state index contributed by atoms with van der Waals surface area (Å²) in [5, 5.41) is 7.77. The molecule has 1 aliphatic rings. The zero-order chi connectivity index (χ0) is 23.2. The molecule has 1 aliphatic heterocycles. The van der Waals surface area contributed by atoms with Crippen LogP contribution in [0.2, 0.25) is 0 Å². The van der Waals surface area contributed by atoms with Crippen molar-refractivity contribution in [1.82, 2.24) is 20.0 Å². The lowest BCUT2D eigenvalue weighted by Gasteiger charge is -2.23. The lowest BCUT2D eigenvalue weighted by molar-refractivity contribution is -0.122. The van der Waals surface area contributed by atoms with Gasteiger partial charge in [-0.3, -0.25) is 14.4 Å². The van der Waals surface area contributed by atoms with Crippen LogP contribution in [0.3, 0.4) is 0 Å². The smallest absolute Gasteiger partial charge is 0.234 e. The van der Waals surface area contributed by atoms with Crippen LogP contribution in [0.25, 0.3) is 0 Å². The highest BCUT2D eigenvalue weighted by Gasteiger charge is 2.18. The van der Waals surface area contributed by atoms with Crippen LogP contribution in [0.4, 0.5) is 10.1 Å². The normalized spacial score (nSPS) is 14.8. The van der Waals surface area contributed by atoms with E-state index in [1.807, 2.05) is 41.9 Å². The van der Waals surface area contributed by atoms with Crippen LogP contribution in [0, 0.1) is 19.7 Å². The van der Waals surface area contributed by atoms with Gasteiger partial charge in [-0.25, -0.2) is 4.39 Å². The van der Waals surface area contributed by atoms with Crippen molar-refractivity contribution in [3.05, 3.63) is 82.9 Å². The third kappa shape index (κ3) is 5.99. The second-order valence-electron chi connectivity index (χ2n) is 8.66. The molecule has 0 spiro atoms. The highest BCUT2D eigenvalue weighted by Crippen LogP contribution is 2.17. The number of hydrogen-bond donors (Lipinski definition) is 1. The maximum absolute atomic E-state index is 13.2. The van der Waals surface area contributed by atoms with Gasteiger partial charge in [0.15, 0.2) is 0 Å². The van der Waals surface area contributed by atoms with Crippen molar-refractivity contribution in [3.63, 3.8) is 0 Å². The second-order valence-corrected chi connectivity index (χ2v) is 8.66. The van der Waals surface area contributed by atoms with Crippen LogP contribution in [0.1, 0.15) is 28.9 Å². The van der Waals surface area contributed by atoms with E-state index in [9.17, 15) is 9.18 Å². The highest BCUT2D eigenvalue weighted by atomic mass is 19.1. The SMILES string of the molecule is Cc1nn(Cc2ccccc2)c(C)c1CNC(=O)CN1CCCN(c2ccc(F)cc2)CC1. The number of hydrogen-bond acceptors (Lipinski definition) is 4. The molecule has 0 unspecified atom stereocenters. The summed E-state index contributed by atoms with van der Waals surface area (Å²) in [7, 11) is 0. The number of halogens is 1. The Morgan fingerprint density at radius 1 is 1.00 bits per heavy atom. The third-order valence-electron chi connectivity index (χ3n) is 6.32. The van der Waals surface area contributed by atoms with Crippen LogP contribution in [0.15, 0.2) is 54.6 Å². The van der Waals surface area contributed by atoms with Crippen molar-refractivity contribution in [1.29, 1.82) is 0 Å². The zero-order valence-electron chi connectivity index (χ0n) is 19.4. The van der Waals surface area contributed by atoms with Gasteiger partial charge in [0, 0.05) is 49.7 Å². The Bertz CT molecular complexity index is 1060. The molecule has 0 bridgehead atoms. The third-order valence-corrected chi connectivity index (χ3v) is 6.32. The van der Waals surface area contributed by atoms with E-state index in [0.717, 1.165) is 61.8 Å². The number of amides is 1. The molecule has 2 aromatic carbocycles. The van der Waals surface area contributed by atoms with Crippen molar-refractivity contribution < 1.29 is 9.18 Å². The Labute approximate surface area is 195 Å². The van der Waals surface area contributed by atoms with Crippen LogP contribution < -0.4 is 10.2 Å². The van der Waals surface area contributed by atoms with E-state index in [1.165, 1.54) is 17.7 Å². The molecule has 0 atom stereocenters. The number of rotatable bonds is 7. The molecule has 1 N–H and O–H groups in total. The van der Waals surface area contributed by atoms with Gasteiger partial charge in [0.1, 0.15) is 5.82 Å². The summed E-state index contributed by atoms with van der Waals surface area (Å²) in [6, 6.07) is 16.9. The van der Waals surface area contributed by atoms with Crippen molar-refractivity contribution in [3.8, 4) is 0 Å². The van der Waals surface area contributed by atoms with Crippen LogP contribution >= 0.6 is 0 Å². The molecule has 7 heteroatoms. The average molecular weight is 450 g/mol. The topological polar surface area (TPSA) is 53.4 Å². The predicted molar refractivity (Wildman–Crippen MR) is 129 cm³/mol. The molecule has 174 valence electrons. The molecule has 1 aromatic heterocycles. The predicted octanol–water partition coefficient (Wildman–Crippen LogP) is 3.52. The Hall–Kier alpha value is -3.19. The van der Waals surface area contributed by atoms with Crippen LogP contribution in [-0.4, -0.2) is 53.3 Å². The molecule has 0 saturated carbocycles. The van der Waals surface area contributed by atoms with E-state index in [1.54, 1.807) is 0 Å². The Morgan fingerprint density at radius 3 is 2.52 bits per heavy atom. The molecular weight excluding hydrogens is 417 g/mol. The number of nitrogens with zero attached hydrogens (tertiary/aromatic N) is 4.